The van der Waals surface area contributed by atoms with Gasteiger partial charge in [0.1, 0.15) is 5.82 Å². The predicted octanol–water partition coefficient (Wildman–Crippen LogP) is 2.92. The molecule has 124 valence electrons. The maximum atomic E-state index is 12.8. The average Bonchev–Trinajstić information content (AvgIpc) is 2.90. The molecule has 8 heteroatoms. The summed E-state index contributed by atoms with van der Waals surface area (Å²) in [6, 6.07) is 1.82. The summed E-state index contributed by atoms with van der Waals surface area (Å²) in [5.74, 6) is 1.03. The van der Waals surface area contributed by atoms with E-state index in [-0.39, 0.29) is 5.92 Å². The van der Waals surface area contributed by atoms with Crippen LogP contribution in [0.2, 0.25) is 0 Å². The highest BCUT2D eigenvalue weighted by atomic mass is 19.4. The number of hydrogen-bond donors (Lipinski definition) is 0. The van der Waals surface area contributed by atoms with Gasteiger partial charge in [0.15, 0.2) is 5.69 Å². The molecular weight excluding hydrogens is 307 g/mol. The van der Waals surface area contributed by atoms with Crippen molar-refractivity contribution >= 4 is 5.95 Å². The van der Waals surface area contributed by atoms with Crippen molar-refractivity contribution in [2.75, 3.05) is 18.0 Å². The molecule has 0 aliphatic carbocycles. The molecule has 1 aliphatic heterocycles. The molecule has 0 radical (unpaired) electrons. The normalized spacial score (nSPS) is 19.2. The van der Waals surface area contributed by atoms with Crippen LogP contribution >= 0.6 is 0 Å². The van der Waals surface area contributed by atoms with Gasteiger partial charge in [-0.15, -0.1) is 0 Å². The zero-order valence-corrected chi connectivity index (χ0v) is 13.0. The second-order valence-corrected chi connectivity index (χ2v) is 5.88. The first kappa shape index (κ1) is 15.8. The Hall–Kier alpha value is -2.12. The molecule has 3 heterocycles. The molecule has 0 saturated carbocycles. The second kappa shape index (κ2) is 5.82. The second-order valence-electron chi connectivity index (χ2n) is 5.88. The van der Waals surface area contributed by atoms with Crippen molar-refractivity contribution in [1.82, 2.24) is 19.5 Å². The van der Waals surface area contributed by atoms with Gasteiger partial charge < -0.3 is 9.47 Å². The Bertz CT molecular complexity index is 695. The van der Waals surface area contributed by atoms with Crippen LogP contribution in [-0.4, -0.2) is 32.6 Å². The van der Waals surface area contributed by atoms with Gasteiger partial charge in [-0.2, -0.15) is 13.2 Å². The van der Waals surface area contributed by atoms with Gasteiger partial charge in [0.05, 0.1) is 0 Å². The van der Waals surface area contributed by atoms with Crippen molar-refractivity contribution in [2.45, 2.75) is 31.9 Å². The van der Waals surface area contributed by atoms with Crippen molar-refractivity contribution in [2.24, 2.45) is 7.05 Å². The number of aryl methyl sites for hydroxylation is 2. The maximum Gasteiger partial charge on any atom is 0.434 e. The molecule has 5 nitrogen and oxygen atoms in total. The van der Waals surface area contributed by atoms with Crippen molar-refractivity contribution < 1.29 is 13.2 Å². The molecule has 1 aliphatic rings. The Labute approximate surface area is 132 Å². The summed E-state index contributed by atoms with van der Waals surface area (Å²) in [7, 11) is 1.61. The van der Waals surface area contributed by atoms with E-state index in [1.165, 1.54) is 4.57 Å². The Balaban J connectivity index is 1.83. The van der Waals surface area contributed by atoms with E-state index in [1.807, 2.05) is 17.9 Å². The van der Waals surface area contributed by atoms with Crippen LogP contribution in [0.5, 0.6) is 0 Å². The van der Waals surface area contributed by atoms with Gasteiger partial charge >= 0.3 is 6.18 Å². The third-order valence-electron chi connectivity index (χ3n) is 4.05. The third kappa shape index (κ3) is 3.30. The van der Waals surface area contributed by atoms with Crippen LogP contribution in [-0.2, 0) is 13.2 Å². The summed E-state index contributed by atoms with van der Waals surface area (Å²) < 4.78 is 40.0. The lowest BCUT2D eigenvalue weighted by Gasteiger charge is -2.32. The minimum absolute atomic E-state index is 0.0611. The van der Waals surface area contributed by atoms with E-state index in [1.54, 1.807) is 13.2 Å². The van der Waals surface area contributed by atoms with Crippen LogP contribution in [0.3, 0.4) is 0 Å². The zero-order valence-electron chi connectivity index (χ0n) is 13.0. The molecule has 1 fully saturated rings. The van der Waals surface area contributed by atoms with E-state index in [9.17, 15) is 13.2 Å². The molecule has 0 N–H and O–H groups in total. The zero-order chi connectivity index (χ0) is 16.6. The fourth-order valence-corrected chi connectivity index (χ4v) is 2.95. The number of halogens is 3. The van der Waals surface area contributed by atoms with Gasteiger partial charge in [0, 0.05) is 44.1 Å². The first-order valence-corrected chi connectivity index (χ1v) is 7.49. The summed E-state index contributed by atoms with van der Waals surface area (Å²) >= 11 is 0. The van der Waals surface area contributed by atoms with Crippen LogP contribution in [0.1, 0.15) is 36.0 Å². The summed E-state index contributed by atoms with van der Waals surface area (Å²) in [5, 5.41) is 0. The molecule has 0 aromatic carbocycles. The number of aromatic nitrogens is 4. The topological polar surface area (TPSA) is 46.8 Å². The van der Waals surface area contributed by atoms with Crippen molar-refractivity contribution in [3.8, 4) is 0 Å². The summed E-state index contributed by atoms with van der Waals surface area (Å²) in [6.45, 7) is 3.27. The number of anilines is 1. The van der Waals surface area contributed by atoms with E-state index in [2.05, 4.69) is 15.0 Å². The van der Waals surface area contributed by atoms with Crippen LogP contribution in [0.15, 0.2) is 18.5 Å². The number of hydrogen-bond acceptors (Lipinski definition) is 4. The summed E-state index contributed by atoms with van der Waals surface area (Å²) in [5.41, 5.74) is 0.0346. The lowest BCUT2D eigenvalue weighted by molar-refractivity contribution is -0.141. The van der Waals surface area contributed by atoms with Crippen LogP contribution < -0.4 is 4.90 Å². The summed E-state index contributed by atoms with van der Waals surface area (Å²) in [4.78, 5) is 14.5. The van der Waals surface area contributed by atoms with Gasteiger partial charge in [-0.1, -0.05) is 0 Å². The van der Waals surface area contributed by atoms with Crippen molar-refractivity contribution in [3.63, 3.8) is 0 Å². The van der Waals surface area contributed by atoms with Crippen molar-refractivity contribution in [3.05, 3.63) is 35.7 Å². The van der Waals surface area contributed by atoms with Gasteiger partial charge in [-0.3, -0.25) is 0 Å². The smallest absolute Gasteiger partial charge is 0.340 e. The quantitative estimate of drug-likeness (QED) is 0.852. The number of alkyl halides is 3. The van der Waals surface area contributed by atoms with E-state index >= 15 is 0 Å². The molecule has 23 heavy (non-hydrogen) atoms. The molecular formula is C15H18F3N5. The van der Waals surface area contributed by atoms with E-state index in [0.717, 1.165) is 31.3 Å². The van der Waals surface area contributed by atoms with Crippen LogP contribution in [0, 0.1) is 6.92 Å². The van der Waals surface area contributed by atoms with E-state index in [4.69, 9.17) is 0 Å². The average molecular weight is 325 g/mol. The van der Waals surface area contributed by atoms with Crippen LogP contribution in [0.25, 0.3) is 0 Å². The molecule has 0 amide bonds. The fraction of sp³-hybridized carbons (Fsp3) is 0.533. The summed E-state index contributed by atoms with van der Waals surface area (Å²) in [6.07, 6.45) is 0.0198. The standard InChI is InChI=1S/C15H18F3N5/c1-10-5-6-19-14(20-10)23-7-3-4-11(8-23)13-21-12(9-22(13)2)15(16,17)18/h5-6,9,11H,3-4,7-8H2,1-2H3/t11-/m1/s1. The Morgan fingerprint density at radius 3 is 2.70 bits per heavy atom. The van der Waals surface area contributed by atoms with Gasteiger partial charge in [0.25, 0.3) is 0 Å². The number of rotatable bonds is 2. The van der Waals surface area contributed by atoms with Gasteiger partial charge in [-0.25, -0.2) is 15.0 Å². The first-order chi connectivity index (χ1) is 10.8. The molecule has 1 saturated heterocycles. The Kier molecular flexibility index (Phi) is 3.99. The lowest BCUT2D eigenvalue weighted by Crippen LogP contribution is -2.36. The molecule has 2 aromatic rings. The predicted molar refractivity (Wildman–Crippen MR) is 79.2 cm³/mol. The van der Waals surface area contributed by atoms with E-state index < -0.39 is 11.9 Å². The highest BCUT2D eigenvalue weighted by Gasteiger charge is 2.36. The molecule has 0 spiro atoms. The molecule has 2 aromatic heterocycles. The monoisotopic (exact) mass is 325 g/mol. The molecule has 0 unspecified atom stereocenters. The van der Waals surface area contributed by atoms with E-state index in [0.29, 0.717) is 18.3 Å². The van der Waals surface area contributed by atoms with Crippen molar-refractivity contribution in [1.29, 1.82) is 0 Å². The molecule has 1 atom stereocenters. The molecule has 3 rings (SSSR count). The highest BCUT2D eigenvalue weighted by molar-refractivity contribution is 5.32. The van der Waals surface area contributed by atoms with Gasteiger partial charge in [0.2, 0.25) is 5.95 Å². The fourth-order valence-electron chi connectivity index (χ4n) is 2.95. The minimum atomic E-state index is -4.41. The lowest BCUT2D eigenvalue weighted by atomic mass is 9.97. The maximum absolute atomic E-state index is 12.8. The Morgan fingerprint density at radius 1 is 1.26 bits per heavy atom. The highest BCUT2D eigenvalue weighted by Crippen LogP contribution is 2.32. The number of piperidine rings is 1. The SMILES string of the molecule is Cc1ccnc(N2CCC[C@@H](c3nc(C(F)(F)F)cn3C)C2)n1. The molecule has 0 bridgehead atoms. The number of imidazole rings is 1. The first-order valence-electron chi connectivity index (χ1n) is 7.49. The largest absolute Gasteiger partial charge is 0.434 e. The Morgan fingerprint density at radius 2 is 2.04 bits per heavy atom. The van der Waals surface area contributed by atoms with Gasteiger partial charge in [-0.05, 0) is 25.8 Å². The number of nitrogens with zero attached hydrogens (tertiary/aromatic N) is 5. The minimum Gasteiger partial charge on any atom is -0.340 e. The van der Waals surface area contributed by atoms with Crippen LogP contribution in [0.4, 0.5) is 19.1 Å². The third-order valence-corrected chi connectivity index (χ3v) is 4.05.